The van der Waals surface area contributed by atoms with Crippen molar-refractivity contribution in [3.63, 3.8) is 0 Å². The van der Waals surface area contributed by atoms with Crippen LogP contribution in [0.5, 0.6) is 0 Å². The summed E-state index contributed by atoms with van der Waals surface area (Å²) in [5, 5.41) is 6.21. The highest BCUT2D eigenvalue weighted by molar-refractivity contribution is 6.34. The maximum Gasteiger partial charge on any atom is 0.240 e. The maximum absolute atomic E-state index is 12.5. The average Bonchev–Trinajstić information content (AvgIpc) is 3.40. The summed E-state index contributed by atoms with van der Waals surface area (Å²) in [5.41, 5.74) is 1.06. The molecule has 0 bridgehead atoms. The topological polar surface area (TPSA) is 58.2 Å². The minimum atomic E-state index is -0.917. The molecule has 2 aliphatic rings. The van der Waals surface area contributed by atoms with Crippen molar-refractivity contribution in [2.75, 3.05) is 11.9 Å². The summed E-state index contributed by atoms with van der Waals surface area (Å²) in [6, 6.07) is 7.06. The Morgan fingerprint density at radius 3 is 2.58 bits per heavy atom. The van der Waals surface area contributed by atoms with Crippen molar-refractivity contribution in [3.8, 4) is 0 Å². The third kappa shape index (κ3) is 3.81. The maximum atomic E-state index is 12.5. The van der Waals surface area contributed by atoms with Crippen LogP contribution in [-0.2, 0) is 9.59 Å². The fourth-order valence-electron chi connectivity index (χ4n) is 3.12. The summed E-state index contributed by atoms with van der Waals surface area (Å²) in [6.07, 6.45) is 9.14. The minimum Gasteiger partial charge on any atom is -0.355 e. The molecule has 0 saturated heterocycles. The first-order chi connectivity index (χ1) is 11.6. The second kappa shape index (κ2) is 7.39. The van der Waals surface area contributed by atoms with Gasteiger partial charge in [-0.2, -0.15) is 0 Å². The van der Waals surface area contributed by atoms with E-state index in [4.69, 9.17) is 11.6 Å². The zero-order valence-corrected chi connectivity index (χ0v) is 14.5. The molecule has 4 nitrogen and oxygen atoms in total. The number of para-hydroxylation sites is 1. The SMILES string of the molecule is O=C(NCCC1=CCCCC1)C1(C(=O)Nc2ccccc2Cl)CC1. The number of benzene rings is 1. The summed E-state index contributed by atoms with van der Waals surface area (Å²) in [5.74, 6) is -0.423. The van der Waals surface area contributed by atoms with Gasteiger partial charge in [-0.3, -0.25) is 9.59 Å². The van der Waals surface area contributed by atoms with Gasteiger partial charge in [0.1, 0.15) is 5.41 Å². The molecule has 0 heterocycles. The van der Waals surface area contributed by atoms with Crippen molar-refractivity contribution in [1.82, 2.24) is 5.32 Å². The molecule has 3 rings (SSSR count). The van der Waals surface area contributed by atoms with Gasteiger partial charge in [-0.25, -0.2) is 0 Å². The van der Waals surface area contributed by atoms with Gasteiger partial charge < -0.3 is 10.6 Å². The molecule has 0 atom stereocenters. The standard InChI is InChI=1S/C19H23ClN2O2/c20-15-8-4-5-9-16(15)22-18(24)19(11-12-19)17(23)21-13-10-14-6-2-1-3-7-14/h4-6,8-9H,1-3,7,10-13H2,(H,21,23)(H,22,24). The van der Waals surface area contributed by atoms with Gasteiger partial charge in [0.25, 0.3) is 0 Å². The second-order valence-electron chi connectivity index (χ2n) is 6.63. The number of carbonyl (C=O) groups is 2. The predicted molar refractivity (Wildman–Crippen MR) is 95.9 cm³/mol. The van der Waals surface area contributed by atoms with Gasteiger partial charge in [0.15, 0.2) is 0 Å². The van der Waals surface area contributed by atoms with Crippen LogP contribution in [0.1, 0.15) is 44.9 Å². The first-order valence-corrected chi connectivity index (χ1v) is 9.02. The Labute approximate surface area is 147 Å². The van der Waals surface area contributed by atoms with Crippen molar-refractivity contribution < 1.29 is 9.59 Å². The van der Waals surface area contributed by atoms with Crippen molar-refractivity contribution in [3.05, 3.63) is 40.9 Å². The van der Waals surface area contributed by atoms with Crippen LogP contribution >= 0.6 is 11.6 Å². The molecule has 24 heavy (non-hydrogen) atoms. The van der Waals surface area contributed by atoms with Crippen molar-refractivity contribution in [1.29, 1.82) is 0 Å². The van der Waals surface area contributed by atoms with Crippen LogP contribution in [0.25, 0.3) is 0 Å². The molecule has 1 fully saturated rings. The van der Waals surface area contributed by atoms with Crippen LogP contribution in [0.4, 0.5) is 5.69 Å². The Bertz CT molecular complexity index is 665. The highest BCUT2D eigenvalue weighted by Gasteiger charge is 2.56. The van der Waals surface area contributed by atoms with E-state index in [-0.39, 0.29) is 11.8 Å². The number of anilines is 1. The van der Waals surface area contributed by atoms with E-state index in [0.717, 1.165) is 19.3 Å². The number of hydrogen-bond donors (Lipinski definition) is 2. The molecule has 0 aliphatic heterocycles. The molecule has 0 unspecified atom stereocenters. The molecular formula is C19H23ClN2O2. The second-order valence-corrected chi connectivity index (χ2v) is 7.04. The highest BCUT2D eigenvalue weighted by Crippen LogP contribution is 2.47. The monoisotopic (exact) mass is 346 g/mol. The molecule has 0 radical (unpaired) electrons. The normalized spacial score (nSPS) is 18.5. The zero-order valence-electron chi connectivity index (χ0n) is 13.7. The van der Waals surface area contributed by atoms with E-state index in [0.29, 0.717) is 30.1 Å². The fraction of sp³-hybridized carbons (Fsp3) is 0.474. The lowest BCUT2D eigenvalue weighted by Crippen LogP contribution is -2.40. The Balaban J connectivity index is 1.53. The predicted octanol–water partition coefficient (Wildman–Crippen LogP) is 4.07. The average molecular weight is 347 g/mol. The Morgan fingerprint density at radius 2 is 1.92 bits per heavy atom. The number of amides is 2. The number of nitrogens with one attached hydrogen (secondary N) is 2. The van der Waals surface area contributed by atoms with Gasteiger partial charge in [-0.15, -0.1) is 0 Å². The van der Waals surface area contributed by atoms with Crippen LogP contribution in [0.3, 0.4) is 0 Å². The van der Waals surface area contributed by atoms with Crippen molar-refractivity contribution >= 4 is 29.1 Å². The number of rotatable bonds is 6. The largest absolute Gasteiger partial charge is 0.355 e. The van der Waals surface area contributed by atoms with Gasteiger partial charge in [-0.05, 0) is 57.1 Å². The molecule has 128 valence electrons. The smallest absolute Gasteiger partial charge is 0.240 e. The number of allylic oxidation sites excluding steroid dienone is 1. The van der Waals surface area contributed by atoms with Crippen LogP contribution in [0.2, 0.25) is 5.02 Å². The first kappa shape index (κ1) is 17.0. The van der Waals surface area contributed by atoms with Crippen LogP contribution in [0, 0.1) is 5.41 Å². The highest BCUT2D eigenvalue weighted by atomic mass is 35.5. The van der Waals surface area contributed by atoms with Gasteiger partial charge >= 0.3 is 0 Å². The Hall–Kier alpha value is -1.81. The lowest BCUT2D eigenvalue weighted by molar-refractivity contribution is -0.134. The van der Waals surface area contributed by atoms with Gasteiger partial charge in [0.05, 0.1) is 10.7 Å². The van der Waals surface area contributed by atoms with Gasteiger partial charge in [-0.1, -0.05) is 35.4 Å². The van der Waals surface area contributed by atoms with E-state index in [9.17, 15) is 9.59 Å². The number of halogens is 1. The summed E-state index contributed by atoms with van der Waals surface area (Å²) < 4.78 is 0. The summed E-state index contributed by atoms with van der Waals surface area (Å²) in [6.45, 7) is 0.603. The van der Waals surface area contributed by atoms with Crippen LogP contribution < -0.4 is 10.6 Å². The van der Waals surface area contributed by atoms with Gasteiger partial charge in [0.2, 0.25) is 11.8 Å². The number of carbonyl (C=O) groups excluding carboxylic acids is 2. The van der Waals surface area contributed by atoms with E-state index in [1.165, 1.54) is 18.4 Å². The first-order valence-electron chi connectivity index (χ1n) is 8.64. The van der Waals surface area contributed by atoms with Crippen molar-refractivity contribution in [2.45, 2.75) is 44.9 Å². The zero-order chi connectivity index (χ0) is 17.0. The van der Waals surface area contributed by atoms with Crippen LogP contribution in [-0.4, -0.2) is 18.4 Å². The van der Waals surface area contributed by atoms with Crippen molar-refractivity contribution in [2.24, 2.45) is 5.41 Å². The molecule has 0 aromatic heterocycles. The summed E-state index contributed by atoms with van der Waals surface area (Å²) in [4.78, 5) is 25.0. The summed E-state index contributed by atoms with van der Waals surface area (Å²) >= 11 is 6.07. The lowest BCUT2D eigenvalue weighted by Gasteiger charge is -2.17. The summed E-state index contributed by atoms with van der Waals surface area (Å²) in [7, 11) is 0. The minimum absolute atomic E-state index is 0.163. The molecule has 2 amide bonds. The third-order valence-electron chi connectivity index (χ3n) is 4.86. The number of hydrogen-bond acceptors (Lipinski definition) is 2. The van der Waals surface area contributed by atoms with E-state index in [1.807, 2.05) is 0 Å². The Kier molecular flexibility index (Phi) is 5.24. The molecule has 1 aromatic carbocycles. The quantitative estimate of drug-likeness (QED) is 0.602. The van der Waals surface area contributed by atoms with Crippen LogP contribution in [0.15, 0.2) is 35.9 Å². The van der Waals surface area contributed by atoms with E-state index in [2.05, 4.69) is 16.7 Å². The van der Waals surface area contributed by atoms with E-state index >= 15 is 0 Å². The molecule has 2 N–H and O–H groups in total. The molecule has 5 heteroatoms. The molecular weight excluding hydrogens is 324 g/mol. The van der Waals surface area contributed by atoms with E-state index < -0.39 is 5.41 Å². The van der Waals surface area contributed by atoms with Gasteiger partial charge in [0, 0.05) is 6.54 Å². The molecule has 2 aliphatic carbocycles. The molecule has 0 spiro atoms. The lowest BCUT2D eigenvalue weighted by atomic mass is 9.97. The molecule has 1 saturated carbocycles. The molecule has 1 aromatic rings. The fourth-order valence-corrected chi connectivity index (χ4v) is 3.31. The third-order valence-corrected chi connectivity index (χ3v) is 5.19. The van der Waals surface area contributed by atoms with E-state index in [1.54, 1.807) is 24.3 Å². The Morgan fingerprint density at radius 1 is 1.12 bits per heavy atom.